The second-order valence-electron chi connectivity index (χ2n) is 5.45. The second-order valence-corrected chi connectivity index (χ2v) is 5.45. The average molecular weight is 277 g/mol. The predicted molar refractivity (Wildman–Crippen MR) is 82.3 cm³/mol. The first-order valence-corrected chi connectivity index (χ1v) is 8.00. The molecule has 0 amide bonds. The summed E-state index contributed by atoms with van der Waals surface area (Å²) >= 11 is 0. The average Bonchev–Trinajstić information content (AvgIpc) is 2.95. The molecule has 1 aromatic carbocycles. The third-order valence-electron chi connectivity index (χ3n) is 3.75. The van der Waals surface area contributed by atoms with Crippen LogP contribution in [-0.4, -0.2) is 13.3 Å². The van der Waals surface area contributed by atoms with Gasteiger partial charge in [0.25, 0.3) is 0 Å². The standard InChI is InChI=1S/C17H27NO2/c1-2-3-4-5-6-7-8-12-18-13-15-10-9-11-16-17(15)20-14-19-16/h9-11,18H,2-8,12-14H2,1H3. The van der Waals surface area contributed by atoms with Crippen molar-refractivity contribution >= 4 is 0 Å². The Balaban J connectivity index is 1.55. The van der Waals surface area contributed by atoms with Crippen LogP contribution in [0.25, 0.3) is 0 Å². The number of benzene rings is 1. The van der Waals surface area contributed by atoms with E-state index in [1.165, 1.54) is 50.5 Å². The molecule has 0 atom stereocenters. The normalized spacial score (nSPS) is 12.8. The highest BCUT2D eigenvalue weighted by Gasteiger charge is 2.16. The van der Waals surface area contributed by atoms with Crippen LogP contribution < -0.4 is 14.8 Å². The van der Waals surface area contributed by atoms with Crippen LogP contribution in [0.2, 0.25) is 0 Å². The van der Waals surface area contributed by atoms with Crippen molar-refractivity contribution in [1.29, 1.82) is 0 Å². The first-order chi connectivity index (χ1) is 9.92. The maximum Gasteiger partial charge on any atom is 0.231 e. The topological polar surface area (TPSA) is 30.5 Å². The molecule has 0 spiro atoms. The van der Waals surface area contributed by atoms with Gasteiger partial charge in [0.1, 0.15) is 0 Å². The number of rotatable bonds is 10. The molecule has 1 aliphatic heterocycles. The fraction of sp³-hybridized carbons (Fsp3) is 0.647. The van der Waals surface area contributed by atoms with E-state index >= 15 is 0 Å². The minimum Gasteiger partial charge on any atom is -0.454 e. The Morgan fingerprint density at radius 1 is 1.00 bits per heavy atom. The lowest BCUT2D eigenvalue weighted by Crippen LogP contribution is -2.15. The van der Waals surface area contributed by atoms with Crippen LogP contribution >= 0.6 is 0 Å². The highest BCUT2D eigenvalue weighted by Crippen LogP contribution is 2.35. The minimum absolute atomic E-state index is 0.351. The quantitative estimate of drug-likeness (QED) is 0.648. The van der Waals surface area contributed by atoms with Gasteiger partial charge in [-0.2, -0.15) is 0 Å². The molecule has 0 aliphatic carbocycles. The zero-order valence-corrected chi connectivity index (χ0v) is 12.6. The molecule has 0 bridgehead atoms. The van der Waals surface area contributed by atoms with E-state index in [1.54, 1.807) is 0 Å². The Hall–Kier alpha value is -1.22. The van der Waals surface area contributed by atoms with Gasteiger partial charge in [0.2, 0.25) is 6.79 Å². The van der Waals surface area contributed by atoms with E-state index < -0.39 is 0 Å². The zero-order chi connectivity index (χ0) is 14.0. The van der Waals surface area contributed by atoms with Gasteiger partial charge in [-0.3, -0.25) is 0 Å². The van der Waals surface area contributed by atoms with Crippen LogP contribution in [0.4, 0.5) is 0 Å². The fourth-order valence-electron chi connectivity index (χ4n) is 2.56. The largest absolute Gasteiger partial charge is 0.454 e. The molecule has 0 saturated heterocycles. The second kappa shape index (κ2) is 8.85. The van der Waals surface area contributed by atoms with Crippen LogP contribution in [0.3, 0.4) is 0 Å². The van der Waals surface area contributed by atoms with Crippen molar-refractivity contribution in [2.45, 2.75) is 58.4 Å². The van der Waals surface area contributed by atoms with Gasteiger partial charge < -0.3 is 14.8 Å². The molecule has 0 unspecified atom stereocenters. The van der Waals surface area contributed by atoms with Crippen molar-refractivity contribution in [2.75, 3.05) is 13.3 Å². The van der Waals surface area contributed by atoms with E-state index in [9.17, 15) is 0 Å². The molecule has 20 heavy (non-hydrogen) atoms. The van der Waals surface area contributed by atoms with Crippen LogP contribution in [0, 0.1) is 0 Å². The lowest BCUT2D eigenvalue weighted by molar-refractivity contribution is 0.173. The number of fused-ring (bicyclic) bond motifs is 1. The van der Waals surface area contributed by atoms with Gasteiger partial charge in [-0.25, -0.2) is 0 Å². The van der Waals surface area contributed by atoms with E-state index in [4.69, 9.17) is 9.47 Å². The molecule has 3 nitrogen and oxygen atoms in total. The smallest absolute Gasteiger partial charge is 0.231 e. The van der Waals surface area contributed by atoms with E-state index in [0.717, 1.165) is 24.6 Å². The molecule has 0 saturated carbocycles. The number of hydrogen-bond acceptors (Lipinski definition) is 3. The Morgan fingerprint density at radius 3 is 2.65 bits per heavy atom. The summed E-state index contributed by atoms with van der Waals surface area (Å²) in [6, 6.07) is 6.09. The molecule has 112 valence electrons. The van der Waals surface area contributed by atoms with Gasteiger partial charge in [0, 0.05) is 12.1 Å². The monoisotopic (exact) mass is 277 g/mol. The van der Waals surface area contributed by atoms with Crippen LogP contribution in [0.5, 0.6) is 11.5 Å². The highest BCUT2D eigenvalue weighted by molar-refractivity contribution is 5.48. The lowest BCUT2D eigenvalue weighted by atomic mass is 10.1. The van der Waals surface area contributed by atoms with E-state index in [1.807, 2.05) is 12.1 Å². The van der Waals surface area contributed by atoms with E-state index in [2.05, 4.69) is 18.3 Å². The Kier molecular flexibility index (Phi) is 6.72. The summed E-state index contributed by atoms with van der Waals surface area (Å²) in [7, 11) is 0. The lowest BCUT2D eigenvalue weighted by Gasteiger charge is -2.07. The van der Waals surface area contributed by atoms with Crippen molar-refractivity contribution < 1.29 is 9.47 Å². The summed E-state index contributed by atoms with van der Waals surface area (Å²) in [5.74, 6) is 1.79. The number of para-hydroxylation sites is 1. The van der Waals surface area contributed by atoms with Gasteiger partial charge >= 0.3 is 0 Å². The van der Waals surface area contributed by atoms with Crippen LogP contribution in [0.1, 0.15) is 57.4 Å². The SMILES string of the molecule is CCCCCCCCCNCc1cccc2c1OCO2. The molecular formula is C17H27NO2. The van der Waals surface area contributed by atoms with Gasteiger partial charge in [0.15, 0.2) is 11.5 Å². The van der Waals surface area contributed by atoms with Gasteiger partial charge in [-0.1, -0.05) is 57.6 Å². The van der Waals surface area contributed by atoms with Gasteiger partial charge in [-0.05, 0) is 19.0 Å². The Morgan fingerprint density at radius 2 is 1.80 bits per heavy atom. The number of hydrogen-bond donors (Lipinski definition) is 1. The molecule has 1 aliphatic rings. The summed E-state index contributed by atoms with van der Waals surface area (Å²) in [5.41, 5.74) is 1.20. The number of ether oxygens (including phenoxy) is 2. The fourth-order valence-corrected chi connectivity index (χ4v) is 2.56. The maximum atomic E-state index is 5.50. The molecule has 0 radical (unpaired) electrons. The Labute approximate surface area is 122 Å². The molecule has 1 heterocycles. The molecule has 1 N–H and O–H groups in total. The van der Waals surface area contributed by atoms with Gasteiger partial charge in [-0.15, -0.1) is 0 Å². The molecule has 1 aromatic rings. The summed E-state index contributed by atoms with van der Waals surface area (Å²) in [6.45, 7) is 4.56. The van der Waals surface area contributed by atoms with Crippen molar-refractivity contribution in [3.63, 3.8) is 0 Å². The first kappa shape index (κ1) is 15.2. The minimum atomic E-state index is 0.351. The van der Waals surface area contributed by atoms with Crippen molar-refractivity contribution in [3.8, 4) is 11.5 Å². The van der Waals surface area contributed by atoms with Crippen LogP contribution in [-0.2, 0) is 6.54 Å². The van der Waals surface area contributed by atoms with Gasteiger partial charge in [0.05, 0.1) is 0 Å². The third kappa shape index (κ3) is 4.71. The molecule has 0 aromatic heterocycles. The van der Waals surface area contributed by atoms with E-state index in [-0.39, 0.29) is 0 Å². The predicted octanol–water partition coefficient (Wildman–Crippen LogP) is 4.26. The summed E-state index contributed by atoms with van der Waals surface area (Å²) in [5, 5.41) is 3.50. The summed E-state index contributed by atoms with van der Waals surface area (Å²) < 4.78 is 10.9. The summed E-state index contributed by atoms with van der Waals surface area (Å²) in [4.78, 5) is 0. The molecule has 0 fully saturated rings. The van der Waals surface area contributed by atoms with Crippen molar-refractivity contribution in [2.24, 2.45) is 0 Å². The molecule has 2 rings (SSSR count). The zero-order valence-electron chi connectivity index (χ0n) is 12.6. The van der Waals surface area contributed by atoms with Crippen molar-refractivity contribution in [1.82, 2.24) is 5.32 Å². The number of nitrogens with one attached hydrogen (secondary N) is 1. The first-order valence-electron chi connectivity index (χ1n) is 8.00. The molecular weight excluding hydrogens is 250 g/mol. The highest BCUT2D eigenvalue weighted by atomic mass is 16.7. The van der Waals surface area contributed by atoms with E-state index in [0.29, 0.717) is 6.79 Å². The molecule has 3 heteroatoms. The van der Waals surface area contributed by atoms with Crippen LogP contribution in [0.15, 0.2) is 18.2 Å². The van der Waals surface area contributed by atoms with Crippen molar-refractivity contribution in [3.05, 3.63) is 23.8 Å². The Bertz CT molecular complexity index is 393. The third-order valence-corrected chi connectivity index (χ3v) is 3.75. The maximum absolute atomic E-state index is 5.50. The number of unbranched alkanes of at least 4 members (excludes halogenated alkanes) is 6. The summed E-state index contributed by atoms with van der Waals surface area (Å²) in [6.07, 6.45) is 9.48.